The molecule has 1 aromatic heterocycles. The lowest BCUT2D eigenvalue weighted by Crippen LogP contribution is -2.15. The maximum Gasteiger partial charge on any atom is 0.416 e. The lowest BCUT2D eigenvalue weighted by atomic mass is 10.1. The fourth-order valence-corrected chi connectivity index (χ4v) is 5.07. The highest BCUT2D eigenvalue weighted by Gasteiger charge is 2.31. The van der Waals surface area contributed by atoms with Crippen molar-refractivity contribution < 1.29 is 30.0 Å². The maximum absolute atomic E-state index is 13.0. The topological polar surface area (TPSA) is 98.1 Å². The molecule has 0 saturated heterocycles. The predicted octanol–water partition coefficient (Wildman–Crippen LogP) is 4.76. The fourth-order valence-electron chi connectivity index (χ4n) is 3.32. The average Bonchev–Trinajstić information content (AvgIpc) is 3.28. The van der Waals surface area contributed by atoms with Crippen molar-refractivity contribution in [1.82, 2.24) is 9.78 Å². The minimum atomic E-state index is -4.68. The summed E-state index contributed by atoms with van der Waals surface area (Å²) in [5.74, 6) is 0. The van der Waals surface area contributed by atoms with E-state index >= 15 is 0 Å². The van der Waals surface area contributed by atoms with Crippen molar-refractivity contribution in [2.45, 2.75) is 16.0 Å². The predicted molar refractivity (Wildman–Crippen MR) is 124 cm³/mol. The van der Waals surface area contributed by atoms with Crippen molar-refractivity contribution >= 4 is 25.5 Å². The van der Waals surface area contributed by atoms with Crippen LogP contribution in [0, 0.1) is 0 Å². The summed E-state index contributed by atoms with van der Waals surface area (Å²) in [6.45, 7) is 0. The molecule has 0 aliphatic heterocycles. The number of sulfone groups is 1. The minimum absolute atomic E-state index is 0.150. The lowest BCUT2D eigenvalue weighted by Gasteiger charge is -2.13. The van der Waals surface area contributed by atoms with Crippen LogP contribution >= 0.6 is 0 Å². The Labute approximate surface area is 199 Å². The summed E-state index contributed by atoms with van der Waals surface area (Å²) in [6.07, 6.45) is -0.475. The van der Waals surface area contributed by atoms with Crippen LogP contribution in [0.5, 0.6) is 0 Å². The Balaban J connectivity index is 1.65. The van der Waals surface area contributed by atoms with Crippen LogP contribution in [0.3, 0.4) is 0 Å². The third-order valence-electron chi connectivity index (χ3n) is 5.07. The summed E-state index contributed by atoms with van der Waals surface area (Å²) < 4.78 is 92.0. The third kappa shape index (κ3) is 5.38. The number of nitrogens with one attached hydrogen (secondary N) is 1. The van der Waals surface area contributed by atoms with Crippen LogP contribution in [-0.4, -0.2) is 32.9 Å². The molecule has 0 spiro atoms. The Morgan fingerprint density at radius 1 is 0.857 bits per heavy atom. The molecular weight excluding hydrogens is 503 g/mol. The smallest absolute Gasteiger partial charge is 0.279 e. The molecule has 0 saturated carbocycles. The molecule has 182 valence electrons. The first-order valence-electron chi connectivity index (χ1n) is 9.99. The molecule has 0 unspecified atom stereocenters. The number of sulfonamides is 1. The second-order valence-electron chi connectivity index (χ2n) is 7.62. The second-order valence-corrected chi connectivity index (χ2v) is 11.3. The lowest BCUT2D eigenvalue weighted by molar-refractivity contribution is -0.137. The van der Waals surface area contributed by atoms with Gasteiger partial charge in [-0.05, 0) is 48.5 Å². The quantitative estimate of drug-likeness (QED) is 0.395. The maximum atomic E-state index is 13.0. The number of hydrogen-bond donors (Lipinski definition) is 1. The molecular formula is C23H18F3N3O4S2. The number of rotatable bonds is 6. The van der Waals surface area contributed by atoms with Gasteiger partial charge in [0.15, 0.2) is 9.84 Å². The summed E-state index contributed by atoms with van der Waals surface area (Å²) in [6, 6.07) is 15.9. The van der Waals surface area contributed by atoms with E-state index in [0.29, 0.717) is 22.9 Å². The Morgan fingerprint density at radius 3 is 2.20 bits per heavy atom. The Bertz CT molecular complexity index is 1600. The summed E-state index contributed by atoms with van der Waals surface area (Å²) in [5, 5.41) is 4.25. The Hall–Kier alpha value is -3.64. The zero-order valence-corrected chi connectivity index (χ0v) is 19.7. The Kier molecular flexibility index (Phi) is 6.20. The molecule has 3 aromatic carbocycles. The SMILES string of the molecule is CS(=O)(=O)c1ccc(-n2cc(-c3ccccc3NS(=O)(=O)c3cccc(C(F)(F)F)c3)cn2)cc1. The van der Waals surface area contributed by atoms with Gasteiger partial charge < -0.3 is 0 Å². The van der Waals surface area contributed by atoms with Crippen molar-refractivity contribution in [2.75, 3.05) is 11.0 Å². The van der Waals surface area contributed by atoms with Crippen LogP contribution in [0.15, 0.2) is 95.0 Å². The van der Waals surface area contributed by atoms with Crippen LogP contribution in [0.1, 0.15) is 5.56 Å². The van der Waals surface area contributed by atoms with Gasteiger partial charge in [-0.25, -0.2) is 21.5 Å². The molecule has 4 rings (SSSR count). The first kappa shape index (κ1) is 24.5. The Morgan fingerprint density at radius 2 is 1.54 bits per heavy atom. The molecule has 1 heterocycles. The summed E-state index contributed by atoms with van der Waals surface area (Å²) in [5.41, 5.74) is 0.626. The summed E-state index contributed by atoms with van der Waals surface area (Å²) in [4.78, 5) is -0.369. The van der Waals surface area contributed by atoms with Gasteiger partial charge in [-0.15, -0.1) is 0 Å². The number of aromatic nitrogens is 2. The van der Waals surface area contributed by atoms with Crippen molar-refractivity contribution in [3.05, 3.63) is 90.8 Å². The molecule has 0 amide bonds. The number of anilines is 1. The van der Waals surface area contributed by atoms with Crippen molar-refractivity contribution in [3.8, 4) is 16.8 Å². The van der Waals surface area contributed by atoms with E-state index in [9.17, 15) is 30.0 Å². The van der Waals surface area contributed by atoms with E-state index in [4.69, 9.17) is 0 Å². The highest BCUT2D eigenvalue weighted by atomic mass is 32.2. The van der Waals surface area contributed by atoms with Gasteiger partial charge in [-0.2, -0.15) is 18.3 Å². The molecule has 0 aliphatic rings. The number of benzene rings is 3. The zero-order valence-electron chi connectivity index (χ0n) is 18.1. The first-order chi connectivity index (χ1) is 16.3. The first-order valence-corrected chi connectivity index (χ1v) is 13.4. The van der Waals surface area contributed by atoms with E-state index in [0.717, 1.165) is 24.5 Å². The molecule has 35 heavy (non-hydrogen) atoms. The van der Waals surface area contributed by atoms with Gasteiger partial charge in [0.1, 0.15) is 0 Å². The molecule has 7 nitrogen and oxygen atoms in total. The van der Waals surface area contributed by atoms with Gasteiger partial charge in [0.05, 0.1) is 32.9 Å². The van der Waals surface area contributed by atoms with Crippen LogP contribution in [-0.2, 0) is 26.0 Å². The van der Waals surface area contributed by atoms with Gasteiger partial charge >= 0.3 is 6.18 Å². The molecule has 0 bridgehead atoms. The number of para-hydroxylation sites is 1. The van der Waals surface area contributed by atoms with Crippen LogP contribution in [0.25, 0.3) is 16.8 Å². The summed E-state index contributed by atoms with van der Waals surface area (Å²) in [7, 11) is -7.68. The minimum Gasteiger partial charge on any atom is -0.279 e. The number of halogens is 3. The van der Waals surface area contributed by atoms with Crippen molar-refractivity contribution in [1.29, 1.82) is 0 Å². The average molecular weight is 522 g/mol. The molecule has 1 N–H and O–H groups in total. The van der Waals surface area contributed by atoms with Crippen LogP contribution in [0.4, 0.5) is 18.9 Å². The fraction of sp³-hybridized carbons (Fsp3) is 0.0870. The molecule has 4 aromatic rings. The number of alkyl halides is 3. The normalized spacial score (nSPS) is 12.5. The van der Waals surface area contributed by atoms with Crippen LogP contribution < -0.4 is 4.72 Å². The number of nitrogens with zero attached hydrogens (tertiary/aromatic N) is 2. The van der Waals surface area contributed by atoms with E-state index in [2.05, 4.69) is 9.82 Å². The monoisotopic (exact) mass is 521 g/mol. The second kappa shape index (κ2) is 8.86. The van der Waals surface area contributed by atoms with Gasteiger partial charge in [0.25, 0.3) is 10.0 Å². The molecule has 0 radical (unpaired) electrons. The van der Waals surface area contributed by atoms with Crippen LogP contribution in [0.2, 0.25) is 0 Å². The number of hydrogen-bond acceptors (Lipinski definition) is 5. The van der Waals surface area contributed by atoms with E-state index in [1.807, 2.05) is 0 Å². The van der Waals surface area contributed by atoms with Gasteiger partial charge in [0, 0.05) is 23.6 Å². The largest absolute Gasteiger partial charge is 0.416 e. The van der Waals surface area contributed by atoms with Crippen molar-refractivity contribution in [2.24, 2.45) is 0 Å². The zero-order chi connectivity index (χ0) is 25.4. The van der Waals surface area contributed by atoms with Crippen molar-refractivity contribution in [3.63, 3.8) is 0 Å². The van der Waals surface area contributed by atoms with E-state index in [1.165, 1.54) is 29.1 Å². The van der Waals surface area contributed by atoms with Gasteiger partial charge in [-0.3, -0.25) is 4.72 Å². The molecule has 0 aliphatic carbocycles. The van der Waals surface area contributed by atoms with E-state index in [-0.39, 0.29) is 10.6 Å². The third-order valence-corrected chi connectivity index (χ3v) is 7.56. The standard InChI is InChI=1S/C23H18F3N3O4S2/c1-34(30,31)19-11-9-18(10-12-19)29-15-16(14-27-29)21-7-2-3-8-22(21)28-35(32,33)20-6-4-5-17(13-20)23(24,25)26/h2-15,28H,1H3. The van der Waals surface area contributed by atoms with Gasteiger partial charge in [0.2, 0.25) is 0 Å². The highest BCUT2D eigenvalue weighted by molar-refractivity contribution is 7.92. The molecule has 12 heteroatoms. The van der Waals surface area contributed by atoms with E-state index < -0.39 is 36.5 Å². The summed E-state index contributed by atoms with van der Waals surface area (Å²) >= 11 is 0. The van der Waals surface area contributed by atoms with E-state index in [1.54, 1.807) is 36.5 Å². The highest BCUT2D eigenvalue weighted by Crippen LogP contribution is 2.33. The molecule has 0 atom stereocenters. The molecule has 0 fully saturated rings. The van der Waals surface area contributed by atoms with Gasteiger partial charge in [-0.1, -0.05) is 24.3 Å².